The summed E-state index contributed by atoms with van der Waals surface area (Å²) in [5.74, 6) is 0. The van der Waals surface area contributed by atoms with Crippen molar-refractivity contribution in [2.75, 3.05) is 5.73 Å². The molecular formula is C39H51N5. The molecule has 4 aromatic heterocycles. The van der Waals surface area contributed by atoms with Gasteiger partial charge in [-0.1, -0.05) is 53.7 Å². The van der Waals surface area contributed by atoms with Gasteiger partial charge >= 0.3 is 0 Å². The zero-order valence-corrected chi connectivity index (χ0v) is 27.7. The van der Waals surface area contributed by atoms with Gasteiger partial charge in [-0.15, -0.1) is 0 Å². The lowest BCUT2D eigenvalue weighted by Crippen LogP contribution is -2.32. The van der Waals surface area contributed by atoms with Gasteiger partial charge in [0, 0.05) is 67.5 Å². The molecule has 5 nitrogen and oxygen atoms in total. The maximum Gasteiger partial charge on any atom is 0.0723 e. The monoisotopic (exact) mass is 589 g/mol. The molecular weight excluding hydrogens is 538 g/mol. The Hall–Kier alpha value is -3.86. The van der Waals surface area contributed by atoms with Gasteiger partial charge in [-0.25, -0.2) is 0 Å². The normalized spacial score (nSPS) is 17.9. The van der Waals surface area contributed by atoms with Crippen LogP contribution in [0.2, 0.25) is 0 Å². The first kappa shape index (κ1) is 30.2. The van der Waals surface area contributed by atoms with E-state index in [1.165, 1.54) is 51.1 Å². The van der Waals surface area contributed by atoms with Crippen molar-refractivity contribution in [2.24, 2.45) is 0 Å². The standard InChI is InChI=1S/C39H51N5/c1-8-37(9-2)30-20-18-28(41-30)36(7,26-14-16-27(40)17-15-26)29-19-21-31(42-29)38(10-3,11-4)33-23-25-35(44-33)39(12-5,13-6)34-24-22-32(37)43-34/h14-25,41-44H,8-13,40H2,1-7H3. The van der Waals surface area contributed by atoms with Crippen molar-refractivity contribution >= 4 is 5.69 Å². The topological polar surface area (TPSA) is 89.2 Å². The Morgan fingerprint density at radius 1 is 0.409 bits per heavy atom. The van der Waals surface area contributed by atoms with Gasteiger partial charge in [0.1, 0.15) is 0 Å². The van der Waals surface area contributed by atoms with Crippen LogP contribution in [0.1, 0.15) is 138 Å². The van der Waals surface area contributed by atoms with Gasteiger partial charge in [-0.05, 0) is 112 Å². The average molecular weight is 590 g/mol. The molecule has 1 aliphatic rings. The van der Waals surface area contributed by atoms with Gasteiger partial charge in [0.25, 0.3) is 0 Å². The molecule has 0 saturated carbocycles. The lowest BCUT2D eigenvalue weighted by molar-refractivity contribution is 0.424. The number of aromatic nitrogens is 4. The van der Waals surface area contributed by atoms with Gasteiger partial charge in [0.2, 0.25) is 0 Å². The van der Waals surface area contributed by atoms with E-state index < -0.39 is 5.41 Å². The van der Waals surface area contributed by atoms with E-state index in [1.807, 2.05) is 12.1 Å². The summed E-state index contributed by atoms with van der Waals surface area (Å²) in [4.78, 5) is 16.1. The third-order valence-corrected chi connectivity index (χ3v) is 12.0. The minimum Gasteiger partial charge on any atom is -0.399 e. The number of aromatic amines is 4. The Labute approximate surface area is 263 Å². The van der Waals surface area contributed by atoms with Crippen molar-refractivity contribution in [1.29, 1.82) is 0 Å². The van der Waals surface area contributed by atoms with E-state index in [0.717, 1.165) is 44.2 Å². The number of nitrogens with two attached hydrogens (primary N) is 1. The largest absolute Gasteiger partial charge is 0.399 e. The van der Waals surface area contributed by atoms with Crippen LogP contribution in [0.4, 0.5) is 5.69 Å². The number of hydrogen-bond donors (Lipinski definition) is 5. The fourth-order valence-corrected chi connectivity index (χ4v) is 8.58. The summed E-state index contributed by atoms with van der Waals surface area (Å²) in [6.07, 6.45) is 5.98. The molecule has 5 heteroatoms. The number of nitrogens with one attached hydrogen (secondary N) is 4. The number of anilines is 1. The van der Waals surface area contributed by atoms with Crippen LogP contribution in [-0.2, 0) is 21.7 Å². The van der Waals surface area contributed by atoms with Gasteiger partial charge in [0.05, 0.1) is 5.41 Å². The minimum absolute atomic E-state index is 0.121. The molecule has 6 N–H and O–H groups in total. The summed E-state index contributed by atoms with van der Waals surface area (Å²) >= 11 is 0. The number of rotatable bonds is 7. The first-order valence-electron chi connectivity index (χ1n) is 16.9. The SMILES string of the molecule is CCC1(CC)c2ccc([nH]2)C(CC)(CC)c2ccc([nH]2)C(C)(c2ccc(N)cc2)c2ccc([nH]2)C(CC)(CC)c2ccc1[nH]2. The average Bonchev–Trinajstić information content (AvgIpc) is 3.88. The molecule has 8 bridgehead atoms. The fraction of sp³-hybridized carbons (Fsp3) is 0.436. The van der Waals surface area contributed by atoms with Crippen molar-refractivity contribution < 1.29 is 0 Å². The molecule has 0 fully saturated rings. The summed E-state index contributed by atoms with van der Waals surface area (Å²) in [5, 5.41) is 0. The molecule has 6 rings (SSSR count). The Morgan fingerprint density at radius 3 is 0.932 bits per heavy atom. The van der Waals surface area contributed by atoms with E-state index in [4.69, 9.17) is 5.73 Å². The van der Waals surface area contributed by atoms with Gasteiger partial charge in [0.15, 0.2) is 0 Å². The van der Waals surface area contributed by atoms with Crippen LogP contribution in [0.3, 0.4) is 0 Å². The quantitative estimate of drug-likeness (QED) is 0.120. The van der Waals surface area contributed by atoms with Gasteiger partial charge in [-0.3, -0.25) is 0 Å². The van der Waals surface area contributed by atoms with Crippen molar-refractivity contribution in [1.82, 2.24) is 19.9 Å². The van der Waals surface area contributed by atoms with Crippen molar-refractivity contribution in [3.05, 3.63) is 124 Å². The molecule has 0 radical (unpaired) electrons. The first-order valence-corrected chi connectivity index (χ1v) is 16.9. The fourth-order valence-electron chi connectivity index (χ4n) is 8.58. The molecule has 1 aromatic carbocycles. The Balaban J connectivity index is 1.69. The summed E-state index contributed by atoms with van der Waals surface area (Å²) in [7, 11) is 0. The molecule has 0 saturated heterocycles. The molecule has 0 atom stereocenters. The lowest BCUT2D eigenvalue weighted by Gasteiger charge is -2.35. The van der Waals surface area contributed by atoms with Crippen LogP contribution in [0.5, 0.6) is 0 Å². The predicted molar refractivity (Wildman–Crippen MR) is 184 cm³/mol. The third kappa shape index (κ3) is 4.04. The minimum atomic E-state index is -0.441. The van der Waals surface area contributed by atoms with Crippen LogP contribution in [0.25, 0.3) is 0 Å². The highest BCUT2D eigenvalue weighted by atomic mass is 14.9. The highest BCUT2D eigenvalue weighted by Crippen LogP contribution is 2.47. The van der Waals surface area contributed by atoms with Crippen molar-refractivity contribution in [3.63, 3.8) is 0 Å². The van der Waals surface area contributed by atoms with E-state index in [0.29, 0.717) is 0 Å². The van der Waals surface area contributed by atoms with E-state index in [2.05, 4.69) is 129 Å². The molecule has 0 aliphatic carbocycles. The summed E-state index contributed by atoms with van der Waals surface area (Å²) < 4.78 is 0. The molecule has 0 spiro atoms. The molecule has 232 valence electrons. The van der Waals surface area contributed by atoms with E-state index in [-0.39, 0.29) is 16.2 Å². The summed E-state index contributed by atoms with van der Waals surface area (Å²) in [5.41, 5.74) is 17.3. The zero-order chi connectivity index (χ0) is 31.3. The predicted octanol–water partition coefficient (Wildman–Crippen LogP) is 9.57. The number of H-pyrrole nitrogens is 4. The highest BCUT2D eigenvalue weighted by Gasteiger charge is 2.43. The maximum absolute atomic E-state index is 6.18. The number of benzene rings is 1. The summed E-state index contributed by atoms with van der Waals surface area (Å²) in [6.45, 7) is 16.3. The van der Waals surface area contributed by atoms with Gasteiger partial charge in [-0.2, -0.15) is 0 Å². The molecule has 5 heterocycles. The number of hydrogen-bond acceptors (Lipinski definition) is 1. The van der Waals surface area contributed by atoms with Crippen LogP contribution in [0, 0.1) is 0 Å². The summed E-state index contributed by atoms with van der Waals surface area (Å²) in [6, 6.07) is 27.1. The first-order chi connectivity index (χ1) is 21.2. The second-order valence-corrected chi connectivity index (χ2v) is 13.3. The third-order valence-electron chi connectivity index (χ3n) is 12.0. The molecule has 5 aromatic rings. The Kier molecular flexibility index (Phi) is 7.50. The number of nitrogen functional groups attached to an aromatic ring is 1. The molecule has 0 unspecified atom stereocenters. The van der Waals surface area contributed by atoms with Crippen molar-refractivity contribution in [3.8, 4) is 0 Å². The van der Waals surface area contributed by atoms with Crippen LogP contribution in [-0.4, -0.2) is 19.9 Å². The van der Waals surface area contributed by atoms with E-state index in [1.54, 1.807) is 0 Å². The molecule has 44 heavy (non-hydrogen) atoms. The second-order valence-electron chi connectivity index (χ2n) is 13.3. The lowest BCUT2D eigenvalue weighted by atomic mass is 9.75. The van der Waals surface area contributed by atoms with E-state index >= 15 is 0 Å². The number of fused-ring (bicyclic) bond motifs is 8. The van der Waals surface area contributed by atoms with E-state index in [9.17, 15) is 0 Å². The Bertz CT molecular complexity index is 1610. The second kappa shape index (κ2) is 10.9. The molecule has 0 amide bonds. The molecule has 1 aliphatic heterocycles. The van der Waals surface area contributed by atoms with Crippen molar-refractivity contribution in [2.45, 2.75) is 109 Å². The van der Waals surface area contributed by atoms with Crippen LogP contribution >= 0.6 is 0 Å². The smallest absolute Gasteiger partial charge is 0.0723 e. The van der Waals surface area contributed by atoms with Crippen LogP contribution in [0.15, 0.2) is 72.8 Å². The van der Waals surface area contributed by atoms with Gasteiger partial charge < -0.3 is 25.7 Å². The highest BCUT2D eigenvalue weighted by molar-refractivity contribution is 5.52. The maximum atomic E-state index is 6.18. The Morgan fingerprint density at radius 2 is 0.659 bits per heavy atom. The van der Waals surface area contributed by atoms with Crippen LogP contribution < -0.4 is 5.73 Å². The zero-order valence-electron chi connectivity index (χ0n) is 27.7.